The van der Waals surface area contributed by atoms with Crippen molar-refractivity contribution in [3.63, 3.8) is 0 Å². The molecule has 112 valence electrons. The predicted molar refractivity (Wildman–Crippen MR) is 84.6 cm³/mol. The van der Waals surface area contributed by atoms with Crippen LogP contribution in [0.4, 0.5) is 10.7 Å². The number of aromatic amines is 1. The van der Waals surface area contributed by atoms with Gasteiger partial charge < -0.3 is 15.5 Å². The lowest BCUT2D eigenvalue weighted by molar-refractivity contribution is 0.186. The Morgan fingerprint density at radius 1 is 1.23 bits per heavy atom. The summed E-state index contributed by atoms with van der Waals surface area (Å²) in [5.74, 6) is 0.340. The average Bonchev–Trinajstić information content (AvgIpc) is 2.96. The van der Waals surface area contributed by atoms with Crippen molar-refractivity contribution < 1.29 is 9.53 Å². The summed E-state index contributed by atoms with van der Waals surface area (Å²) in [4.78, 5) is 18.5. The number of H-pyrrole nitrogens is 1. The zero-order valence-electron chi connectivity index (χ0n) is 12.0. The summed E-state index contributed by atoms with van der Waals surface area (Å²) in [7, 11) is 1.30. The summed E-state index contributed by atoms with van der Waals surface area (Å²) in [6.07, 6.45) is -0.569. The van der Waals surface area contributed by atoms with Gasteiger partial charge in [-0.25, -0.2) is 9.78 Å². The quantitative estimate of drug-likeness (QED) is 0.693. The maximum Gasteiger partial charge on any atom is 0.413 e. The van der Waals surface area contributed by atoms with Crippen LogP contribution in [0.15, 0.2) is 48.5 Å². The molecule has 2 aromatic carbocycles. The van der Waals surface area contributed by atoms with Crippen molar-refractivity contribution in [3.05, 3.63) is 59.7 Å². The number of rotatable bonds is 3. The highest BCUT2D eigenvalue weighted by atomic mass is 16.5. The number of methoxy groups -OCH3 is 1. The number of nitrogens with zero attached hydrogens (tertiary/aromatic N) is 1. The maximum absolute atomic E-state index is 11.2. The number of hydrogen-bond acceptors (Lipinski definition) is 4. The molecule has 4 N–H and O–H groups in total. The standard InChI is InChI=1S/C16H16N4O2/c1-22-16(21)20-15-18-12-8-7-11(9-13(12)19-15)14(17)10-5-3-2-4-6-10/h2-9,14H,17H2,1H3,(H2,18,19,20,21). The zero-order chi connectivity index (χ0) is 15.5. The van der Waals surface area contributed by atoms with Crippen LogP contribution in [0.2, 0.25) is 0 Å². The molecule has 6 nitrogen and oxygen atoms in total. The number of nitrogens with two attached hydrogens (primary N) is 1. The molecule has 1 amide bonds. The van der Waals surface area contributed by atoms with E-state index in [4.69, 9.17) is 5.73 Å². The second-order valence-electron chi connectivity index (χ2n) is 4.87. The third-order valence-corrected chi connectivity index (χ3v) is 3.43. The molecule has 0 radical (unpaired) electrons. The van der Waals surface area contributed by atoms with E-state index in [1.165, 1.54) is 7.11 Å². The normalized spacial score (nSPS) is 12.1. The fourth-order valence-corrected chi connectivity index (χ4v) is 2.28. The Hall–Kier alpha value is -2.86. The van der Waals surface area contributed by atoms with Gasteiger partial charge in [-0.1, -0.05) is 36.4 Å². The first kappa shape index (κ1) is 14.1. The van der Waals surface area contributed by atoms with E-state index in [1.807, 2.05) is 48.5 Å². The molecule has 3 aromatic rings. The van der Waals surface area contributed by atoms with E-state index >= 15 is 0 Å². The van der Waals surface area contributed by atoms with E-state index in [9.17, 15) is 4.79 Å². The molecule has 0 aliphatic rings. The molecule has 0 aliphatic heterocycles. The minimum absolute atomic E-state index is 0.217. The molecule has 0 fully saturated rings. The Balaban J connectivity index is 1.91. The third-order valence-electron chi connectivity index (χ3n) is 3.43. The highest BCUT2D eigenvalue weighted by Gasteiger charge is 2.11. The number of benzene rings is 2. The van der Waals surface area contributed by atoms with Gasteiger partial charge in [0, 0.05) is 0 Å². The number of amides is 1. The molecule has 1 aromatic heterocycles. The first-order chi connectivity index (χ1) is 10.7. The average molecular weight is 296 g/mol. The minimum atomic E-state index is -0.569. The van der Waals surface area contributed by atoms with Crippen LogP contribution in [-0.2, 0) is 4.74 Å². The second kappa shape index (κ2) is 5.87. The van der Waals surface area contributed by atoms with Gasteiger partial charge in [0.1, 0.15) is 0 Å². The van der Waals surface area contributed by atoms with Crippen LogP contribution >= 0.6 is 0 Å². The topological polar surface area (TPSA) is 93.0 Å². The van der Waals surface area contributed by atoms with Gasteiger partial charge in [-0.15, -0.1) is 0 Å². The lowest BCUT2D eigenvalue weighted by Crippen LogP contribution is -2.11. The number of hydrogen-bond donors (Lipinski definition) is 3. The molecular weight excluding hydrogens is 280 g/mol. The van der Waals surface area contributed by atoms with E-state index in [-0.39, 0.29) is 6.04 Å². The fourth-order valence-electron chi connectivity index (χ4n) is 2.28. The number of carbonyl (C=O) groups is 1. The number of anilines is 1. The van der Waals surface area contributed by atoms with E-state index in [2.05, 4.69) is 20.0 Å². The van der Waals surface area contributed by atoms with Crippen molar-refractivity contribution in [1.29, 1.82) is 0 Å². The number of aromatic nitrogens is 2. The van der Waals surface area contributed by atoms with Crippen LogP contribution in [0, 0.1) is 0 Å². The van der Waals surface area contributed by atoms with Crippen LogP contribution in [0.5, 0.6) is 0 Å². The van der Waals surface area contributed by atoms with Gasteiger partial charge in [-0.3, -0.25) is 5.32 Å². The van der Waals surface area contributed by atoms with Crippen molar-refractivity contribution in [2.24, 2.45) is 5.73 Å². The minimum Gasteiger partial charge on any atom is -0.453 e. The number of imidazole rings is 1. The van der Waals surface area contributed by atoms with Gasteiger partial charge in [0.2, 0.25) is 5.95 Å². The van der Waals surface area contributed by atoms with E-state index < -0.39 is 6.09 Å². The highest BCUT2D eigenvalue weighted by Crippen LogP contribution is 2.23. The monoisotopic (exact) mass is 296 g/mol. The summed E-state index contributed by atoms with van der Waals surface area (Å²) in [6.45, 7) is 0. The molecule has 3 rings (SSSR count). The number of nitrogens with one attached hydrogen (secondary N) is 2. The van der Waals surface area contributed by atoms with Crippen molar-refractivity contribution in [2.45, 2.75) is 6.04 Å². The Morgan fingerprint density at radius 2 is 2.00 bits per heavy atom. The van der Waals surface area contributed by atoms with Crippen molar-refractivity contribution in [1.82, 2.24) is 9.97 Å². The van der Waals surface area contributed by atoms with E-state index in [0.717, 1.165) is 22.2 Å². The van der Waals surface area contributed by atoms with Gasteiger partial charge in [-0.2, -0.15) is 0 Å². The predicted octanol–water partition coefficient (Wildman–Crippen LogP) is 2.79. The molecular formula is C16H16N4O2. The molecule has 0 aliphatic carbocycles. The van der Waals surface area contributed by atoms with Crippen molar-refractivity contribution in [3.8, 4) is 0 Å². The molecule has 1 unspecified atom stereocenters. The molecule has 0 saturated heterocycles. The Labute approximate surface area is 127 Å². The SMILES string of the molecule is COC(=O)Nc1nc2ccc(C(N)c3ccccc3)cc2[nH]1. The lowest BCUT2D eigenvalue weighted by Gasteiger charge is -2.12. The summed E-state index contributed by atoms with van der Waals surface area (Å²) in [5, 5.41) is 2.50. The maximum atomic E-state index is 11.2. The van der Waals surface area contributed by atoms with Crippen LogP contribution in [-0.4, -0.2) is 23.2 Å². The number of ether oxygens (including phenoxy) is 1. The van der Waals surface area contributed by atoms with Crippen LogP contribution in [0.1, 0.15) is 17.2 Å². The van der Waals surface area contributed by atoms with Crippen molar-refractivity contribution >= 4 is 23.1 Å². The zero-order valence-corrected chi connectivity index (χ0v) is 12.0. The number of fused-ring (bicyclic) bond motifs is 1. The molecule has 0 bridgehead atoms. The lowest BCUT2D eigenvalue weighted by atomic mass is 9.99. The second-order valence-corrected chi connectivity index (χ2v) is 4.87. The van der Waals surface area contributed by atoms with Gasteiger partial charge >= 0.3 is 6.09 Å². The van der Waals surface area contributed by atoms with Crippen molar-refractivity contribution in [2.75, 3.05) is 12.4 Å². The smallest absolute Gasteiger partial charge is 0.413 e. The summed E-state index contributed by atoms with van der Waals surface area (Å²) >= 11 is 0. The molecule has 0 spiro atoms. The van der Waals surface area contributed by atoms with Crippen LogP contribution in [0.25, 0.3) is 11.0 Å². The first-order valence-electron chi connectivity index (χ1n) is 6.82. The van der Waals surface area contributed by atoms with Crippen LogP contribution in [0.3, 0.4) is 0 Å². The summed E-state index contributed by atoms with van der Waals surface area (Å²) < 4.78 is 4.54. The van der Waals surface area contributed by atoms with Gasteiger partial charge in [0.15, 0.2) is 0 Å². The first-order valence-corrected chi connectivity index (χ1v) is 6.82. The van der Waals surface area contributed by atoms with Crippen LogP contribution < -0.4 is 11.1 Å². The van der Waals surface area contributed by atoms with Gasteiger partial charge in [0.25, 0.3) is 0 Å². The van der Waals surface area contributed by atoms with Gasteiger partial charge in [-0.05, 0) is 23.3 Å². The molecule has 1 atom stereocenters. The Kier molecular flexibility index (Phi) is 3.76. The Morgan fingerprint density at radius 3 is 2.73 bits per heavy atom. The third kappa shape index (κ3) is 2.77. The summed E-state index contributed by atoms with van der Waals surface area (Å²) in [6, 6.07) is 15.4. The fraction of sp³-hybridized carbons (Fsp3) is 0.125. The number of carbonyl (C=O) groups excluding carboxylic acids is 1. The molecule has 6 heteroatoms. The van der Waals surface area contributed by atoms with E-state index in [0.29, 0.717) is 5.95 Å². The Bertz CT molecular complexity index is 798. The van der Waals surface area contributed by atoms with Gasteiger partial charge in [0.05, 0.1) is 24.2 Å². The largest absolute Gasteiger partial charge is 0.453 e. The summed E-state index contributed by atoms with van der Waals surface area (Å²) in [5.41, 5.74) is 9.84. The highest BCUT2D eigenvalue weighted by molar-refractivity contribution is 5.86. The van der Waals surface area contributed by atoms with E-state index in [1.54, 1.807) is 0 Å². The molecule has 22 heavy (non-hydrogen) atoms. The molecule has 1 heterocycles. The molecule has 0 saturated carbocycles.